The lowest BCUT2D eigenvalue weighted by molar-refractivity contribution is 0.112. The molecule has 0 bridgehead atoms. The summed E-state index contributed by atoms with van der Waals surface area (Å²) in [6.45, 7) is 1.37. The molecule has 0 aliphatic heterocycles. The molecule has 82 valence electrons. The lowest BCUT2D eigenvalue weighted by Gasteiger charge is -2.19. The zero-order chi connectivity index (χ0) is 11.4. The Hall–Kier alpha value is -1.52. The lowest BCUT2D eigenvalue weighted by Crippen LogP contribution is -2.25. The largest absolute Gasteiger partial charge is 0.354 e. The molecule has 5 heteroatoms. The van der Waals surface area contributed by atoms with Crippen molar-refractivity contribution in [2.75, 3.05) is 18.5 Å². The highest BCUT2D eigenvalue weighted by Crippen LogP contribution is 2.16. The van der Waals surface area contributed by atoms with E-state index in [0.717, 1.165) is 0 Å². The van der Waals surface area contributed by atoms with Crippen LogP contribution < -0.4 is 4.90 Å². The summed E-state index contributed by atoms with van der Waals surface area (Å²) in [5.74, 6) is 0.473. The van der Waals surface area contributed by atoms with Crippen LogP contribution in [0.2, 0.25) is 0 Å². The van der Waals surface area contributed by atoms with Gasteiger partial charge in [-0.1, -0.05) is 0 Å². The van der Waals surface area contributed by atoms with Gasteiger partial charge in [0.05, 0.1) is 6.54 Å². The number of anilines is 1. The molecule has 1 aromatic rings. The number of pyridine rings is 1. The SMILES string of the molecule is Cc1cc(C=O)cnc1N(C)CC(F)F. The van der Waals surface area contributed by atoms with E-state index >= 15 is 0 Å². The predicted octanol–water partition coefficient (Wildman–Crippen LogP) is 1.90. The number of aromatic nitrogens is 1. The number of carbonyl (C=O) groups excluding carboxylic acids is 1. The summed E-state index contributed by atoms with van der Waals surface area (Å²) < 4.78 is 24.2. The third-order valence-corrected chi connectivity index (χ3v) is 1.98. The number of aldehydes is 1. The molecule has 1 aromatic heterocycles. The Bertz CT molecular complexity index is 355. The first-order valence-electron chi connectivity index (χ1n) is 4.45. The average Bonchev–Trinajstić information content (AvgIpc) is 2.16. The molecule has 0 unspecified atom stereocenters. The van der Waals surface area contributed by atoms with Gasteiger partial charge in [0.2, 0.25) is 0 Å². The molecule has 0 aliphatic rings. The minimum atomic E-state index is -2.40. The second kappa shape index (κ2) is 4.82. The van der Waals surface area contributed by atoms with Crippen LogP contribution in [0.3, 0.4) is 0 Å². The zero-order valence-corrected chi connectivity index (χ0v) is 8.58. The molecule has 1 heterocycles. The monoisotopic (exact) mass is 214 g/mol. The second-order valence-corrected chi connectivity index (χ2v) is 3.30. The van der Waals surface area contributed by atoms with E-state index in [1.54, 1.807) is 20.0 Å². The first kappa shape index (κ1) is 11.6. The van der Waals surface area contributed by atoms with Crippen LogP contribution >= 0.6 is 0 Å². The van der Waals surface area contributed by atoms with Gasteiger partial charge < -0.3 is 4.90 Å². The summed E-state index contributed by atoms with van der Waals surface area (Å²) in [5.41, 5.74) is 1.16. The minimum Gasteiger partial charge on any atom is -0.354 e. The molecule has 3 nitrogen and oxygen atoms in total. The van der Waals surface area contributed by atoms with E-state index in [-0.39, 0.29) is 6.54 Å². The number of hydrogen-bond acceptors (Lipinski definition) is 3. The fourth-order valence-electron chi connectivity index (χ4n) is 1.35. The van der Waals surface area contributed by atoms with Crippen molar-refractivity contribution in [3.05, 3.63) is 23.4 Å². The minimum absolute atomic E-state index is 0.367. The van der Waals surface area contributed by atoms with Gasteiger partial charge in [-0.15, -0.1) is 0 Å². The molecule has 0 saturated heterocycles. The van der Waals surface area contributed by atoms with Crippen LogP contribution in [0.15, 0.2) is 12.3 Å². The molecular weight excluding hydrogens is 202 g/mol. The van der Waals surface area contributed by atoms with Gasteiger partial charge in [-0.2, -0.15) is 0 Å². The number of nitrogens with zero attached hydrogens (tertiary/aromatic N) is 2. The van der Waals surface area contributed by atoms with Crippen LogP contribution in [-0.2, 0) is 0 Å². The second-order valence-electron chi connectivity index (χ2n) is 3.30. The highest BCUT2D eigenvalue weighted by Gasteiger charge is 2.11. The quantitative estimate of drug-likeness (QED) is 0.718. The summed E-state index contributed by atoms with van der Waals surface area (Å²) in [6, 6.07) is 1.62. The predicted molar refractivity (Wildman–Crippen MR) is 53.6 cm³/mol. The Morgan fingerprint density at radius 3 is 2.73 bits per heavy atom. The van der Waals surface area contributed by atoms with E-state index in [1.165, 1.54) is 11.1 Å². The van der Waals surface area contributed by atoms with Crippen LogP contribution in [0.1, 0.15) is 15.9 Å². The molecule has 15 heavy (non-hydrogen) atoms. The number of carbonyl (C=O) groups is 1. The van der Waals surface area contributed by atoms with Crippen molar-refractivity contribution < 1.29 is 13.6 Å². The number of halogens is 2. The Labute approximate surface area is 86.7 Å². The normalized spacial score (nSPS) is 10.5. The Balaban J connectivity index is 2.90. The Morgan fingerprint density at radius 1 is 1.60 bits per heavy atom. The molecule has 0 aromatic carbocycles. The van der Waals surface area contributed by atoms with Gasteiger partial charge in [-0.25, -0.2) is 13.8 Å². The van der Waals surface area contributed by atoms with Gasteiger partial charge in [0.15, 0.2) is 6.29 Å². The van der Waals surface area contributed by atoms with Crippen molar-refractivity contribution >= 4 is 12.1 Å². The molecule has 0 fully saturated rings. The molecule has 0 N–H and O–H groups in total. The van der Waals surface area contributed by atoms with E-state index in [9.17, 15) is 13.6 Å². The lowest BCUT2D eigenvalue weighted by atomic mass is 10.2. The smallest absolute Gasteiger partial charge is 0.255 e. The van der Waals surface area contributed by atoms with Crippen molar-refractivity contribution in [2.24, 2.45) is 0 Å². The number of alkyl halides is 2. The van der Waals surface area contributed by atoms with Crippen molar-refractivity contribution in [3.63, 3.8) is 0 Å². The Kier molecular flexibility index (Phi) is 3.71. The molecule has 0 radical (unpaired) electrons. The molecule has 0 saturated carbocycles. The molecule has 1 rings (SSSR count). The molecule has 0 amide bonds. The molecule has 0 atom stereocenters. The first-order valence-corrected chi connectivity index (χ1v) is 4.45. The van der Waals surface area contributed by atoms with E-state index < -0.39 is 6.43 Å². The van der Waals surface area contributed by atoms with Gasteiger partial charge >= 0.3 is 0 Å². The van der Waals surface area contributed by atoms with Gasteiger partial charge in [0.1, 0.15) is 5.82 Å². The summed E-state index contributed by atoms with van der Waals surface area (Å²) in [5, 5.41) is 0. The summed E-state index contributed by atoms with van der Waals surface area (Å²) in [7, 11) is 1.54. The van der Waals surface area contributed by atoms with Crippen molar-refractivity contribution in [1.29, 1.82) is 0 Å². The van der Waals surface area contributed by atoms with Gasteiger partial charge in [0.25, 0.3) is 6.43 Å². The molecular formula is C10H12F2N2O. The summed E-state index contributed by atoms with van der Waals surface area (Å²) in [6.07, 6.45) is -0.351. The standard InChI is InChI=1S/C10H12F2N2O/c1-7-3-8(6-15)4-13-10(7)14(2)5-9(11)12/h3-4,6,9H,5H2,1-2H3. The van der Waals surface area contributed by atoms with Crippen LogP contribution in [-0.4, -0.2) is 31.3 Å². The van der Waals surface area contributed by atoms with Crippen molar-refractivity contribution in [1.82, 2.24) is 4.98 Å². The summed E-state index contributed by atoms with van der Waals surface area (Å²) >= 11 is 0. The fourth-order valence-corrected chi connectivity index (χ4v) is 1.35. The van der Waals surface area contributed by atoms with Crippen LogP contribution in [0, 0.1) is 6.92 Å². The Morgan fingerprint density at radius 2 is 2.27 bits per heavy atom. The highest BCUT2D eigenvalue weighted by molar-refractivity contribution is 5.75. The number of aryl methyl sites for hydroxylation is 1. The average molecular weight is 214 g/mol. The highest BCUT2D eigenvalue weighted by atomic mass is 19.3. The van der Waals surface area contributed by atoms with E-state index in [4.69, 9.17) is 0 Å². The maximum absolute atomic E-state index is 12.1. The first-order chi connectivity index (χ1) is 7.04. The maximum Gasteiger partial charge on any atom is 0.255 e. The van der Waals surface area contributed by atoms with Crippen LogP contribution in [0.5, 0.6) is 0 Å². The zero-order valence-electron chi connectivity index (χ0n) is 8.58. The maximum atomic E-state index is 12.1. The topological polar surface area (TPSA) is 33.2 Å². The van der Waals surface area contributed by atoms with Gasteiger partial charge in [-0.05, 0) is 18.6 Å². The van der Waals surface area contributed by atoms with E-state index in [0.29, 0.717) is 23.2 Å². The van der Waals surface area contributed by atoms with E-state index in [1.807, 2.05) is 0 Å². The van der Waals surface area contributed by atoms with Crippen LogP contribution in [0.4, 0.5) is 14.6 Å². The van der Waals surface area contributed by atoms with Crippen molar-refractivity contribution in [3.8, 4) is 0 Å². The fraction of sp³-hybridized carbons (Fsp3) is 0.400. The van der Waals surface area contributed by atoms with Crippen molar-refractivity contribution in [2.45, 2.75) is 13.3 Å². The third-order valence-electron chi connectivity index (χ3n) is 1.98. The van der Waals surface area contributed by atoms with E-state index in [2.05, 4.69) is 4.98 Å². The third kappa shape index (κ3) is 2.97. The summed E-state index contributed by atoms with van der Waals surface area (Å²) in [4.78, 5) is 15.8. The van der Waals surface area contributed by atoms with Gasteiger partial charge in [0, 0.05) is 18.8 Å². The number of hydrogen-bond donors (Lipinski definition) is 0. The van der Waals surface area contributed by atoms with Gasteiger partial charge in [-0.3, -0.25) is 4.79 Å². The molecule has 0 spiro atoms. The number of rotatable bonds is 4. The molecule has 0 aliphatic carbocycles. The van der Waals surface area contributed by atoms with Crippen LogP contribution in [0.25, 0.3) is 0 Å².